The molecule has 6 nitrogen and oxygen atoms in total. The second kappa shape index (κ2) is 9.09. The van der Waals surface area contributed by atoms with E-state index in [2.05, 4.69) is 25.6 Å². The molecular weight excluding hydrogens is 523 g/mol. The van der Waals surface area contributed by atoms with E-state index >= 15 is 0 Å². The summed E-state index contributed by atoms with van der Waals surface area (Å²) in [5, 5.41) is 3.29. The van der Waals surface area contributed by atoms with Crippen LogP contribution in [0.2, 0.25) is 5.02 Å². The van der Waals surface area contributed by atoms with Gasteiger partial charge in [-0.15, -0.1) is 4.40 Å². The van der Waals surface area contributed by atoms with E-state index in [0.29, 0.717) is 33.8 Å². The Hall–Kier alpha value is -2.62. The summed E-state index contributed by atoms with van der Waals surface area (Å²) in [6.07, 6.45) is 0. The Morgan fingerprint density at radius 1 is 1.12 bits per heavy atom. The second-order valence-corrected chi connectivity index (χ2v) is 9.58. The zero-order valence-corrected chi connectivity index (χ0v) is 19.9. The summed E-state index contributed by atoms with van der Waals surface area (Å²) in [5.74, 6) is 0.335. The predicted molar refractivity (Wildman–Crippen MR) is 125 cm³/mol. The predicted octanol–water partition coefficient (Wildman–Crippen LogP) is 5.78. The Balaban J connectivity index is 1.70. The third-order valence-corrected chi connectivity index (χ3v) is 6.91. The van der Waals surface area contributed by atoms with Gasteiger partial charge in [0.2, 0.25) is 0 Å². The van der Waals surface area contributed by atoms with E-state index in [9.17, 15) is 12.8 Å². The second-order valence-electron chi connectivity index (χ2n) is 6.74. The van der Waals surface area contributed by atoms with Crippen molar-refractivity contribution in [2.75, 3.05) is 11.9 Å². The number of sulfonamides is 1. The number of anilines is 1. The molecule has 0 bridgehead atoms. The SMILES string of the molecule is CCOc1cc(C2=NS(=O)(=O)c3ccccc3N2)cc(Br)c1OCc1c(F)cccc1Cl. The molecular formula is C22H17BrClFN2O4S. The summed E-state index contributed by atoms with van der Waals surface area (Å²) >= 11 is 9.53. The molecule has 4 rings (SSSR count). The summed E-state index contributed by atoms with van der Waals surface area (Å²) in [6, 6.07) is 14.2. The maximum Gasteiger partial charge on any atom is 0.286 e. The number of benzene rings is 3. The number of ether oxygens (including phenoxy) is 2. The summed E-state index contributed by atoms with van der Waals surface area (Å²) in [6.45, 7) is 2.01. The zero-order chi connectivity index (χ0) is 22.9. The number of nitrogens with zero attached hydrogens (tertiary/aromatic N) is 1. The van der Waals surface area contributed by atoms with Crippen molar-refractivity contribution in [3.63, 3.8) is 0 Å². The van der Waals surface area contributed by atoms with Gasteiger partial charge < -0.3 is 14.8 Å². The van der Waals surface area contributed by atoms with Crippen LogP contribution in [0.4, 0.5) is 10.1 Å². The number of hydrogen-bond acceptors (Lipinski definition) is 5. The first kappa shape index (κ1) is 22.6. The van der Waals surface area contributed by atoms with E-state index in [1.54, 1.807) is 43.3 Å². The lowest BCUT2D eigenvalue weighted by Crippen LogP contribution is -2.22. The number of para-hydroxylation sites is 1. The topological polar surface area (TPSA) is 77.0 Å². The highest BCUT2D eigenvalue weighted by molar-refractivity contribution is 9.10. The lowest BCUT2D eigenvalue weighted by atomic mass is 10.1. The lowest BCUT2D eigenvalue weighted by molar-refractivity contribution is 0.264. The molecule has 32 heavy (non-hydrogen) atoms. The average Bonchev–Trinajstić information content (AvgIpc) is 2.74. The smallest absolute Gasteiger partial charge is 0.286 e. The van der Waals surface area contributed by atoms with Crippen LogP contribution in [0.15, 0.2) is 68.4 Å². The van der Waals surface area contributed by atoms with E-state index in [1.165, 1.54) is 18.2 Å². The van der Waals surface area contributed by atoms with Crippen molar-refractivity contribution in [1.82, 2.24) is 0 Å². The van der Waals surface area contributed by atoms with Crippen molar-refractivity contribution in [2.45, 2.75) is 18.4 Å². The minimum atomic E-state index is -3.86. The van der Waals surface area contributed by atoms with Crippen molar-refractivity contribution in [1.29, 1.82) is 0 Å². The molecule has 1 aliphatic rings. The standard InChI is InChI=1S/C22H17BrClFN2O4S/c1-2-30-19-11-13(22-26-18-8-3-4-9-20(18)32(28,29)27-22)10-15(23)21(19)31-12-14-16(24)6-5-7-17(14)25/h3-11H,2,12H2,1H3,(H,26,27). The molecule has 10 heteroatoms. The third kappa shape index (κ3) is 4.46. The molecule has 0 unspecified atom stereocenters. The summed E-state index contributed by atoms with van der Waals surface area (Å²) < 4.78 is 55.2. The molecule has 3 aromatic rings. The average molecular weight is 540 g/mol. The van der Waals surface area contributed by atoms with E-state index in [4.69, 9.17) is 21.1 Å². The van der Waals surface area contributed by atoms with Gasteiger partial charge in [-0.2, -0.15) is 8.42 Å². The minimum absolute atomic E-state index is 0.106. The van der Waals surface area contributed by atoms with Gasteiger partial charge in [-0.3, -0.25) is 0 Å². The van der Waals surface area contributed by atoms with Crippen LogP contribution < -0.4 is 14.8 Å². The maximum absolute atomic E-state index is 14.1. The van der Waals surface area contributed by atoms with Gasteiger partial charge in [0.25, 0.3) is 10.0 Å². The van der Waals surface area contributed by atoms with Gasteiger partial charge in [0, 0.05) is 11.1 Å². The Morgan fingerprint density at radius 2 is 1.91 bits per heavy atom. The summed E-state index contributed by atoms with van der Waals surface area (Å²) in [7, 11) is -3.86. The zero-order valence-electron chi connectivity index (χ0n) is 16.7. The van der Waals surface area contributed by atoms with Crippen LogP contribution in [0.25, 0.3) is 0 Å². The van der Waals surface area contributed by atoms with Crippen molar-refractivity contribution < 1.29 is 22.3 Å². The first-order valence-electron chi connectivity index (χ1n) is 9.53. The fourth-order valence-corrected chi connectivity index (χ4v) is 5.07. The van der Waals surface area contributed by atoms with E-state index in [1.807, 2.05) is 0 Å². The van der Waals surface area contributed by atoms with E-state index in [-0.39, 0.29) is 27.9 Å². The summed E-state index contributed by atoms with van der Waals surface area (Å²) in [4.78, 5) is 0.106. The quantitative estimate of drug-likeness (QED) is 0.430. The van der Waals surface area contributed by atoms with Crippen LogP contribution in [-0.4, -0.2) is 20.9 Å². The van der Waals surface area contributed by atoms with Crippen LogP contribution in [-0.2, 0) is 16.6 Å². The van der Waals surface area contributed by atoms with Gasteiger partial charge in [-0.05, 0) is 59.3 Å². The van der Waals surface area contributed by atoms with Crippen molar-refractivity contribution >= 4 is 49.1 Å². The fourth-order valence-electron chi connectivity index (χ4n) is 3.16. The fraction of sp³-hybridized carbons (Fsp3) is 0.136. The first-order chi connectivity index (χ1) is 15.3. The van der Waals surface area contributed by atoms with Gasteiger partial charge in [0.15, 0.2) is 17.3 Å². The Bertz CT molecular complexity index is 1310. The highest BCUT2D eigenvalue weighted by atomic mass is 79.9. The number of rotatable bonds is 6. The van der Waals surface area contributed by atoms with Crippen LogP contribution in [0.3, 0.4) is 0 Å². The van der Waals surface area contributed by atoms with Gasteiger partial charge in [0.1, 0.15) is 17.3 Å². The largest absolute Gasteiger partial charge is 0.490 e. The van der Waals surface area contributed by atoms with Crippen LogP contribution in [0.5, 0.6) is 11.5 Å². The monoisotopic (exact) mass is 538 g/mol. The van der Waals surface area contributed by atoms with Crippen LogP contribution in [0.1, 0.15) is 18.1 Å². The third-order valence-electron chi connectivity index (χ3n) is 4.63. The molecule has 0 amide bonds. The molecule has 166 valence electrons. The van der Waals surface area contributed by atoms with Gasteiger partial charge in [-0.25, -0.2) is 4.39 Å². The van der Waals surface area contributed by atoms with Crippen molar-refractivity contribution in [2.24, 2.45) is 4.40 Å². The van der Waals surface area contributed by atoms with Gasteiger partial charge in [0.05, 0.1) is 21.8 Å². The molecule has 0 atom stereocenters. The number of amidine groups is 1. The minimum Gasteiger partial charge on any atom is -0.490 e. The first-order valence-corrected chi connectivity index (χ1v) is 12.1. The Labute approximate surface area is 198 Å². The van der Waals surface area contributed by atoms with E-state index in [0.717, 1.165) is 0 Å². The lowest BCUT2D eigenvalue weighted by Gasteiger charge is -2.20. The molecule has 0 saturated carbocycles. The Kier molecular flexibility index (Phi) is 6.41. The molecule has 0 aliphatic carbocycles. The number of hydrogen-bond donors (Lipinski definition) is 1. The molecule has 0 spiro atoms. The highest BCUT2D eigenvalue weighted by Gasteiger charge is 2.26. The molecule has 0 aromatic heterocycles. The molecule has 1 aliphatic heterocycles. The highest BCUT2D eigenvalue weighted by Crippen LogP contribution is 2.39. The van der Waals surface area contributed by atoms with Gasteiger partial charge in [-0.1, -0.05) is 29.8 Å². The molecule has 0 saturated heterocycles. The van der Waals surface area contributed by atoms with Crippen LogP contribution in [0, 0.1) is 5.82 Å². The van der Waals surface area contributed by atoms with Gasteiger partial charge >= 0.3 is 0 Å². The number of fused-ring (bicyclic) bond motifs is 1. The van der Waals surface area contributed by atoms with Crippen molar-refractivity contribution in [3.8, 4) is 11.5 Å². The number of nitrogens with one attached hydrogen (secondary N) is 1. The molecule has 0 fully saturated rings. The molecule has 0 radical (unpaired) electrons. The number of halogens is 3. The molecule has 3 aromatic carbocycles. The molecule has 1 heterocycles. The summed E-state index contributed by atoms with van der Waals surface area (Å²) in [5.41, 5.74) is 1.12. The Morgan fingerprint density at radius 3 is 2.66 bits per heavy atom. The van der Waals surface area contributed by atoms with E-state index < -0.39 is 15.8 Å². The maximum atomic E-state index is 14.1. The van der Waals surface area contributed by atoms with Crippen LogP contribution >= 0.6 is 27.5 Å². The van der Waals surface area contributed by atoms with Crippen molar-refractivity contribution in [3.05, 3.63) is 81.0 Å². The molecule has 1 N–H and O–H groups in total. The normalized spacial score (nSPS) is 14.2.